The van der Waals surface area contributed by atoms with Crippen molar-refractivity contribution in [3.05, 3.63) is 36.3 Å². The Morgan fingerprint density at radius 3 is 2.58 bits per heavy atom. The molecule has 1 aliphatic heterocycles. The molecule has 24 heavy (non-hydrogen) atoms. The lowest BCUT2D eigenvalue weighted by Gasteiger charge is -2.37. The number of nitrogens with zero attached hydrogens (tertiary/aromatic N) is 3. The Labute approximate surface area is 141 Å². The number of aromatic nitrogens is 1. The molecule has 1 fully saturated rings. The molecular weight excluding hydrogens is 309 g/mol. The van der Waals surface area contributed by atoms with Gasteiger partial charge in [0.1, 0.15) is 11.4 Å². The molecule has 0 saturated carbocycles. The first-order valence-electron chi connectivity index (χ1n) is 8.11. The van der Waals surface area contributed by atoms with Gasteiger partial charge >= 0.3 is 6.09 Å². The number of piperazine rings is 1. The van der Waals surface area contributed by atoms with E-state index in [4.69, 9.17) is 4.74 Å². The van der Waals surface area contributed by atoms with Gasteiger partial charge < -0.3 is 14.5 Å². The maximum absolute atomic E-state index is 13.9. The molecule has 0 bridgehead atoms. The molecule has 1 aromatic carbocycles. The van der Waals surface area contributed by atoms with E-state index in [0.717, 1.165) is 16.6 Å². The average Bonchev–Trinajstić information content (AvgIpc) is 2.52. The van der Waals surface area contributed by atoms with Gasteiger partial charge in [-0.2, -0.15) is 0 Å². The first kappa shape index (κ1) is 16.5. The number of benzene rings is 1. The molecule has 0 unspecified atom stereocenters. The van der Waals surface area contributed by atoms with Crippen molar-refractivity contribution in [2.75, 3.05) is 31.1 Å². The highest BCUT2D eigenvalue weighted by Gasteiger charge is 2.26. The van der Waals surface area contributed by atoms with E-state index in [0.29, 0.717) is 26.2 Å². The maximum Gasteiger partial charge on any atom is 0.410 e. The Balaban J connectivity index is 1.75. The summed E-state index contributed by atoms with van der Waals surface area (Å²) in [6.45, 7) is 7.88. The van der Waals surface area contributed by atoms with Crippen LogP contribution in [0.1, 0.15) is 20.8 Å². The summed E-state index contributed by atoms with van der Waals surface area (Å²) in [5.41, 5.74) is 1.05. The number of hydrogen-bond acceptors (Lipinski definition) is 4. The second-order valence-electron chi connectivity index (χ2n) is 6.95. The maximum atomic E-state index is 13.9. The molecule has 6 heteroatoms. The van der Waals surface area contributed by atoms with Gasteiger partial charge in [0.15, 0.2) is 0 Å². The van der Waals surface area contributed by atoms with Crippen molar-refractivity contribution in [1.82, 2.24) is 9.88 Å². The Morgan fingerprint density at radius 1 is 1.21 bits per heavy atom. The third kappa shape index (κ3) is 3.58. The summed E-state index contributed by atoms with van der Waals surface area (Å²) in [4.78, 5) is 20.3. The number of pyridine rings is 1. The van der Waals surface area contributed by atoms with Crippen molar-refractivity contribution < 1.29 is 13.9 Å². The number of amides is 1. The van der Waals surface area contributed by atoms with Crippen LogP contribution in [0.4, 0.5) is 14.9 Å². The quantitative estimate of drug-likeness (QED) is 0.803. The topological polar surface area (TPSA) is 45.7 Å². The minimum absolute atomic E-state index is 0.278. The van der Waals surface area contributed by atoms with Gasteiger partial charge in [0, 0.05) is 37.8 Å². The standard InChI is InChI=1S/C18H22FN3O2/c1-18(2,3)24-17(23)22-9-7-21(8-10-22)15-12-14(19)11-13-5-4-6-20-16(13)15/h4-6,11-12H,7-10H2,1-3H3. The Morgan fingerprint density at radius 2 is 1.92 bits per heavy atom. The van der Waals surface area contributed by atoms with Gasteiger partial charge in [-0.3, -0.25) is 4.98 Å². The smallest absolute Gasteiger partial charge is 0.410 e. The third-order valence-electron chi connectivity index (χ3n) is 3.92. The molecule has 1 aromatic heterocycles. The Kier molecular flexibility index (Phi) is 4.30. The fraction of sp³-hybridized carbons (Fsp3) is 0.444. The lowest BCUT2D eigenvalue weighted by Crippen LogP contribution is -2.50. The monoisotopic (exact) mass is 331 g/mol. The van der Waals surface area contributed by atoms with Crippen molar-refractivity contribution in [2.45, 2.75) is 26.4 Å². The van der Waals surface area contributed by atoms with Crippen molar-refractivity contribution in [3.63, 3.8) is 0 Å². The molecule has 5 nitrogen and oxygen atoms in total. The average molecular weight is 331 g/mol. The van der Waals surface area contributed by atoms with E-state index in [1.54, 1.807) is 17.2 Å². The van der Waals surface area contributed by atoms with E-state index in [2.05, 4.69) is 9.88 Å². The van der Waals surface area contributed by atoms with E-state index < -0.39 is 5.60 Å². The van der Waals surface area contributed by atoms with Crippen LogP contribution in [0.3, 0.4) is 0 Å². The summed E-state index contributed by atoms with van der Waals surface area (Å²) in [6.07, 6.45) is 1.41. The molecule has 3 rings (SSSR count). The van der Waals surface area contributed by atoms with E-state index in [1.165, 1.54) is 12.1 Å². The number of hydrogen-bond donors (Lipinski definition) is 0. The minimum atomic E-state index is -0.503. The lowest BCUT2D eigenvalue weighted by molar-refractivity contribution is 0.0240. The number of anilines is 1. The minimum Gasteiger partial charge on any atom is -0.444 e. The summed E-state index contributed by atoms with van der Waals surface area (Å²) < 4.78 is 19.3. The SMILES string of the molecule is CC(C)(C)OC(=O)N1CCN(c2cc(F)cc3cccnc23)CC1. The number of fused-ring (bicyclic) bond motifs is 1. The van der Waals surface area contributed by atoms with E-state index in [-0.39, 0.29) is 11.9 Å². The molecule has 1 amide bonds. The summed E-state index contributed by atoms with van der Waals surface area (Å²) in [5.74, 6) is -0.278. The van der Waals surface area contributed by atoms with E-state index in [1.807, 2.05) is 26.8 Å². The second kappa shape index (κ2) is 6.26. The van der Waals surface area contributed by atoms with Crippen LogP contribution in [0, 0.1) is 5.82 Å². The fourth-order valence-electron chi connectivity index (χ4n) is 2.83. The lowest BCUT2D eigenvalue weighted by atomic mass is 10.1. The highest BCUT2D eigenvalue weighted by Crippen LogP contribution is 2.27. The second-order valence-corrected chi connectivity index (χ2v) is 6.95. The Hall–Kier alpha value is -2.37. The third-order valence-corrected chi connectivity index (χ3v) is 3.92. The van der Waals surface area contributed by atoms with Crippen LogP contribution >= 0.6 is 0 Å². The largest absolute Gasteiger partial charge is 0.444 e. The molecule has 0 radical (unpaired) electrons. The zero-order valence-electron chi connectivity index (χ0n) is 14.3. The van der Waals surface area contributed by atoms with Crippen LogP contribution in [0.15, 0.2) is 30.5 Å². The highest BCUT2D eigenvalue weighted by atomic mass is 19.1. The summed E-state index contributed by atoms with van der Waals surface area (Å²) in [5, 5.41) is 0.780. The number of carbonyl (C=O) groups excluding carboxylic acids is 1. The zero-order valence-corrected chi connectivity index (χ0v) is 14.3. The normalized spacial score (nSPS) is 15.7. The van der Waals surface area contributed by atoms with Crippen LogP contribution in [-0.4, -0.2) is 47.8 Å². The number of carbonyl (C=O) groups is 1. The Bertz CT molecular complexity index is 750. The van der Waals surface area contributed by atoms with Gasteiger partial charge in [-0.05, 0) is 39.0 Å². The molecule has 2 aromatic rings. The molecule has 0 spiro atoms. The van der Waals surface area contributed by atoms with Gasteiger partial charge in [-0.1, -0.05) is 6.07 Å². The molecular formula is C18H22FN3O2. The van der Waals surface area contributed by atoms with Crippen molar-refractivity contribution in [2.24, 2.45) is 0 Å². The molecule has 1 aliphatic rings. The predicted molar refractivity (Wildman–Crippen MR) is 91.7 cm³/mol. The molecule has 2 heterocycles. The molecule has 0 N–H and O–H groups in total. The summed E-state index contributed by atoms with van der Waals surface area (Å²) in [6, 6.07) is 6.65. The number of rotatable bonds is 1. The number of ether oxygens (including phenoxy) is 1. The van der Waals surface area contributed by atoms with Gasteiger partial charge in [0.05, 0.1) is 11.2 Å². The molecule has 0 atom stereocenters. The first-order chi connectivity index (χ1) is 11.3. The summed E-state index contributed by atoms with van der Waals surface area (Å²) in [7, 11) is 0. The van der Waals surface area contributed by atoms with Gasteiger partial charge in [-0.25, -0.2) is 9.18 Å². The molecule has 128 valence electrons. The van der Waals surface area contributed by atoms with Gasteiger partial charge in [0.25, 0.3) is 0 Å². The molecule has 0 aliphatic carbocycles. The van der Waals surface area contributed by atoms with Crippen LogP contribution < -0.4 is 4.90 Å². The fourth-order valence-corrected chi connectivity index (χ4v) is 2.83. The zero-order chi connectivity index (χ0) is 17.3. The van der Waals surface area contributed by atoms with Crippen LogP contribution in [0.2, 0.25) is 0 Å². The van der Waals surface area contributed by atoms with E-state index in [9.17, 15) is 9.18 Å². The summed E-state index contributed by atoms with van der Waals surface area (Å²) >= 11 is 0. The van der Waals surface area contributed by atoms with Gasteiger partial charge in [0.2, 0.25) is 0 Å². The predicted octanol–water partition coefficient (Wildman–Crippen LogP) is 3.43. The van der Waals surface area contributed by atoms with Crippen molar-refractivity contribution in [3.8, 4) is 0 Å². The van der Waals surface area contributed by atoms with Crippen molar-refractivity contribution >= 4 is 22.7 Å². The molecule has 1 saturated heterocycles. The van der Waals surface area contributed by atoms with Gasteiger partial charge in [-0.15, -0.1) is 0 Å². The number of halogens is 1. The van der Waals surface area contributed by atoms with Crippen LogP contribution in [0.25, 0.3) is 10.9 Å². The van der Waals surface area contributed by atoms with Crippen LogP contribution in [-0.2, 0) is 4.74 Å². The van der Waals surface area contributed by atoms with E-state index >= 15 is 0 Å². The highest BCUT2D eigenvalue weighted by molar-refractivity contribution is 5.91. The first-order valence-corrected chi connectivity index (χ1v) is 8.11. The van der Waals surface area contributed by atoms with Crippen molar-refractivity contribution in [1.29, 1.82) is 0 Å². The van der Waals surface area contributed by atoms with Crippen LogP contribution in [0.5, 0.6) is 0 Å².